The van der Waals surface area contributed by atoms with Crippen molar-refractivity contribution < 1.29 is 9.53 Å². The normalized spacial score (nSPS) is 17.9. The Morgan fingerprint density at radius 2 is 1.55 bits per heavy atom. The number of anilines is 1. The molecule has 2 fully saturated rings. The molecule has 0 radical (unpaired) electrons. The van der Waals surface area contributed by atoms with Crippen molar-refractivity contribution in [3.05, 3.63) is 60.2 Å². The van der Waals surface area contributed by atoms with E-state index in [1.165, 1.54) is 38.0 Å². The smallest absolute Gasteiger partial charge is 0.253 e. The summed E-state index contributed by atoms with van der Waals surface area (Å²) in [6.07, 6.45) is 6.14. The molecule has 31 heavy (non-hydrogen) atoms. The Balaban J connectivity index is 1.23. The molecule has 0 spiro atoms. The maximum Gasteiger partial charge on any atom is 0.253 e. The second-order valence-electron chi connectivity index (χ2n) is 8.60. The average molecular weight is 422 g/mol. The number of nitrogens with zero attached hydrogens (tertiary/aromatic N) is 3. The minimum atomic E-state index is 0.135. The predicted molar refractivity (Wildman–Crippen MR) is 126 cm³/mol. The van der Waals surface area contributed by atoms with E-state index in [-0.39, 0.29) is 5.91 Å². The summed E-state index contributed by atoms with van der Waals surface area (Å²) in [5.74, 6) is 1.08. The molecular formula is C26H35N3O2. The summed E-state index contributed by atoms with van der Waals surface area (Å²) in [5, 5.41) is 0. The number of carbonyl (C=O) groups excluding carboxylic acids is 1. The zero-order valence-corrected chi connectivity index (χ0v) is 18.5. The number of ether oxygens (including phenoxy) is 1. The van der Waals surface area contributed by atoms with E-state index < -0.39 is 0 Å². The lowest BCUT2D eigenvalue weighted by Crippen LogP contribution is -2.35. The van der Waals surface area contributed by atoms with Gasteiger partial charge < -0.3 is 19.4 Å². The summed E-state index contributed by atoms with van der Waals surface area (Å²) < 4.78 is 5.96. The maximum atomic E-state index is 12.8. The van der Waals surface area contributed by atoms with Crippen LogP contribution in [0.4, 0.5) is 5.69 Å². The predicted octanol–water partition coefficient (Wildman–Crippen LogP) is 4.29. The summed E-state index contributed by atoms with van der Waals surface area (Å²) in [6, 6.07) is 18.0. The van der Waals surface area contributed by atoms with Gasteiger partial charge in [0.15, 0.2) is 0 Å². The molecule has 0 N–H and O–H groups in total. The van der Waals surface area contributed by atoms with Crippen LogP contribution in [0.25, 0.3) is 0 Å². The lowest BCUT2D eigenvalue weighted by Gasteiger charge is -2.26. The molecule has 2 aliphatic heterocycles. The van der Waals surface area contributed by atoms with E-state index in [0.29, 0.717) is 0 Å². The summed E-state index contributed by atoms with van der Waals surface area (Å²) in [5.41, 5.74) is 1.98. The molecule has 5 nitrogen and oxygen atoms in total. The molecule has 0 unspecified atom stereocenters. The average Bonchev–Trinajstić information content (AvgIpc) is 3.09. The number of hydrogen-bond donors (Lipinski definition) is 0. The first-order chi connectivity index (χ1) is 15.3. The topological polar surface area (TPSA) is 36.0 Å². The fourth-order valence-corrected chi connectivity index (χ4v) is 4.56. The van der Waals surface area contributed by atoms with Crippen LogP contribution in [0.1, 0.15) is 42.5 Å². The molecule has 2 saturated heterocycles. The zero-order valence-electron chi connectivity index (χ0n) is 18.5. The minimum Gasteiger partial charge on any atom is -0.494 e. The third kappa shape index (κ3) is 6.23. The van der Waals surface area contributed by atoms with Crippen molar-refractivity contribution in [3.63, 3.8) is 0 Å². The van der Waals surface area contributed by atoms with Gasteiger partial charge in [-0.2, -0.15) is 0 Å². The van der Waals surface area contributed by atoms with E-state index in [1.807, 2.05) is 35.2 Å². The minimum absolute atomic E-state index is 0.135. The van der Waals surface area contributed by atoms with Gasteiger partial charge in [0.2, 0.25) is 0 Å². The molecule has 0 saturated carbocycles. The molecule has 0 atom stereocenters. The van der Waals surface area contributed by atoms with Crippen LogP contribution in [0.15, 0.2) is 54.6 Å². The first kappa shape index (κ1) is 21.7. The SMILES string of the molecule is O=C(c1ccccc1)N1CCCN(c2ccc(OCCCN3CCCCC3)cc2)CC1. The van der Waals surface area contributed by atoms with Crippen LogP contribution in [0.2, 0.25) is 0 Å². The van der Waals surface area contributed by atoms with Gasteiger partial charge >= 0.3 is 0 Å². The summed E-state index contributed by atoms with van der Waals surface area (Å²) >= 11 is 0. The van der Waals surface area contributed by atoms with Crippen molar-refractivity contribution >= 4 is 11.6 Å². The Hall–Kier alpha value is -2.53. The molecule has 2 aliphatic rings. The second-order valence-corrected chi connectivity index (χ2v) is 8.60. The largest absolute Gasteiger partial charge is 0.494 e. The Kier molecular flexibility index (Phi) is 7.83. The quantitative estimate of drug-likeness (QED) is 0.625. The standard InChI is InChI=1S/C26H35N3O2/c30-26(23-9-3-1-4-10-23)29-19-7-18-28(20-21-29)24-11-13-25(14-12-24)31-22-8-17-27-15-5-2-6-16-27/h1,3-4,9-14H,2,5-8,15-22H2. The van der Waals surface area contributed by atoms with Crippen LogP contribution in [0.3, 0.4) is 0 Å². The van der Waals surface area contributed by atoms with Crippen LogP contribution < -0.4 is 9.64 Å². The van der Waals surface area contributed by atoms with Gasteiger partial charge in [-0.1, -0.05) is 24.6 Å². The highest BCUT2D eigenvalue weighted by Gasteiger charge is 2.20. The number of piperidine rings is 1. The highest BCUT2D eigenvalue weighted by atomic mass is 16.5. The van der Waals surface area contributed by atoms with Crippen molar-refractivity contribution in [1.82, 2.24) is 9.80 Å². The van der Waals surface area contributed by atoms with Crippen molar-refractivity contribution in [2.75, 3.05) is 57.3 Å². The molecule has 2 aromatic carbocycles. The summed E-state index contributed by atoms with van der Waals surface area (Å²) in [4.78, 5) is 19.7. The Bertz CT molecular complexity index is 803. The van der Waals surface area contributed by atoms with Gasteiger partial charge in [0.05, 0.1) is 6.61 Å². The monoisotopic (exact) mass is 421 g/mol. The fourth-order valence-electron chi connectivity index (χ4n) is 4.56. The van der Waals surface area contributed by atoms with Crippen molar-refractivity contribution in [2.24, 2.45) is 0 Å². The van der Waals surface area contributed by atoms with E-state index in [0.717, 1.165) is 63.5 Å². The van der Waals surface area contributed by atoms with Gasteiger partial charge in [0, 0.05) is 44.0 Å². The van der Waals surface area contributed by atoms with E-state index in [4.69, 9.17) is 4.74 Å². The second kappa shape index (κ2) is 11.2. The van der Waals surface area contributed by atoms with Crippen molar-refractivity contribution in [3.8, 4) is 5.75 Å². The third-order valence-electron chi connectivity index (χ3n) is 6.34. The van der Waals surface area contributed by atoms with Gasteiger partial charge in [-0.15, -0.1) is 0 Å². The van der Waals surface area contributed by atoms with Gasteiger partial charge in [-0.3, -0.25) is 4.79 Å². The van der Waals surface area contributed by atoms with Crippen LogP contribution in [0.5, 0.6) is 5.75 Å². The molecule has 5 heteroatoms. The lowest BCUT2D eigenvalue weighted by atomic mass is 10.1. The van der Waals surface area contributed by atoms with Crippen LogP contribution >= 0.6 is 0 Å². The highest BCUT2D eigenvalue weighted by Crippen LogP contribution is 2.21. The van der Waals surface area contributed by atoms with Crippen molar-refractivity contribution in [1.29, 1.82) is 0 Å². The molecule has 1 amide bonds. The molecule has 2 aromatic rings. The maximum absolute atomic E-state index is 12.8. The van der Waals surface area contributed by atoms with Gasteiger partial charge in [-0.25, -0.2) is 0 Å². The molecule has 4 rings (SSSR count). The van der Waals surface area contributed by atoms with Gasteiger partial charge in [0.1, 0.15) is 5.75 Å². The number of rotatable bonds is 7. The number of hydrogen-bond acceptors (Lipinski definition) is 4. The number of carbonyl (C=O) groups is 1. The van der Waals surface area contributed by atoms with Crippen LogP contribution in [-0.4, -0.2) is 68.1 Å². The van der Waals surface area contributed by atoms with Crippen LogP contribution in [-0.2, 0) is 0 Å². The molecule has 0 aliphatic carbocycles. The Morgan fingerprint density at radius 1 is 0.774 bits per heavy atom. The Labute approximate surface area is 186 Å². The van der Waals surface area contributed by atoms with Gasteiger partial charge in [0.25, 0.3) is 5.91 Å². The molecule has 0 aromatic heterocycles. The number of amides is 1. The summed E-state index contributed by atoms with van der Waals surface area (Å²) in [6.45, 7) is 7.80. The Morgan fingerprint density at radius 3 is 2.32 bits per heavy atom. The highest BCUT2D eigenvalue weighted by molar-refractivity contribution is 5.94. The van der Waals surface area contributed by atoms with E-state index in [1.54, 1.807) is 0 Å². The zero-order chi connectivity index (χ0) is 21.3. The molecule has 2 heterocycles. The number of benzene rings is 2. The van der Waals surface area contributed by atoms with E-state index in [2.05, 4.69) is 34.1 Å². The lowest BCUT2D eigenvalue weighted by molar-refractivity contribution is 0.0767. The van der Waals surface area contributed by atoms with E-state index in [9.17, 15) is 4.79 Å². The van der Waals surface area contributed by atoms with E-state index >= 15 is 0 Å². The first-order valence-corrected chi connectivity index (χ1v) is 11.8. The van der Waals surface area contributed by atoms with Crippen LogP contribution in [0, 0.1) is 0 Å². The third-order valence-corrected chi connectivity index (χ3v) is 6.34. The first-order valence-electron chi connectivity index (χ1n) is 11.8. The fraction of sp³-hybridized carbons (Fsp3) is 0.500. The summed E-state index contributed by atoms with van der Waals surface area (Å²) in [7, 11) is 0. The van der Waals surface area contributed by atoms with Crippen molar-refractivity contribution in [2.45, 2.75) is 32.1 Å². The molecule has 166 valence electrons. The van der Waals surface area contributed by atoms with Gasteiger partial charge in [-0.05, 0) is 75.2 Å². The molecular weight excluding hydrogens is 386 g/mol. The number of likely N-dealkylation sites (tertiary alicyclic amines) is 1. The molecule has 0 bridgehead atoms.